The Hall–Kier alpha value is -5.42. The van der Waals surface area contributed by atoms with Crippen LogP contribution in [0.2, 0.25) is 0 Å². The average molecular weight is 1080 g/mol. The number of imide groups is 1. The minimum Gasteiger partial charge on any atom is -0.378 e. The van der Waals surface area contributed by atoms with Gasteiger partial charge in [-0.3, -0.25) is 23.2 Å². The molecule has 21 heteroatoms. The predicted octanol–water partition coefficient (Wildman–Crippen LogP) is 8.85. The van der Waals surface area contributed by atoms with Gasteiger partial charge in [0.25, 0.3) is 42.2 Å². The van der Waals surface area contributed by atoms with E-state index in [4.69, 9.17) is 4.84 Å². The summed E-state index contributed by atoms with van der Waals surface area (Å²) in [7, 11) is -9.28. The van der Waals surface area contributed by atoms with E-state index in [9.17, 15) is 53.3 Å². The number of rotatable bonds is 20. The van der Waals surface area contributed by atoms with Gasteiger partial charge in [-0.15, -0.1) is 5.06 Å². The number of benzene rings is 3. The van der Waals surface area contributed by atoms with Crippen molar-refractivity contribution in [2.45, 2.75) is 124 Å². The zero-order valence-electron chi connectivity index (χ0n) is 41.8. The zero-order valence-corrected chi connectivity index (χ0v) is 45.1. The number of allylic oxidation sites excluding steroid dienone is 7. The van der Waals surface area contributed by atoms with Crippen molar-refractivity contribution in [3.63, 3.8) is 0 Å². The number of carbonyl (C=O) groups excluding carboxylic acids is 3. The summed E-state index contributed by atoms with van der Waals surface area (Å²) >= 11 is 1.63. The number of carbonyl (C=O) groups is 3. The third kappa shape index (κ3) is 12.7. The quantitative estimate of drug-likeness (QED) is 0.0415. The van der Waals surface area contributed by atoms with Gasteiger partial charge in [0.05, 0.1) is 21.0 Å². The van der Waals surface area contributed by atoms with Crippen LogP contribution in [0, 0.1) is 0 Å². The van der Waals surface area contributed by atoms with Gasteiger partial charge in [0.1, 0.15) is 6.54 Å². The van der Waals surface area contributed by atoms with Gasteiger partial charge in [-0.05, 0) is 136 Å². The summed E-state index contributed by atoms with van der Waals surface area (Å²) < 4.78 is 104. The molecule has 7 rings (SSSR count). The van der Waals surface area contributed by atoms with Gasteiger partial charge in [0.2, 0.25) is 5.69 Å². The van der Waals surface area contributed by atoms with E-state index in [2.05, 4.69) is 47.1 Å². The Kier molecular flexibility index (Phi) is 16.5. The Labute approximate surface area is 432 Å². The van der Waals surface area contributed by atoms with E-state index < -0.39 is 64.7 Å². The van der Waals surface area contributed by atoms with E-state index in [1.54, 1.807) is 23.9 Å². The molecule has 3 heterocycles. The number of hydrogen-bond acceptors (Lipinski definition) is 13. The third-order valence-electron chi connectivity index (χ3n) is 13.8. The smallest absolute Gasteiger partial charge is 0.333 e. The highest BCUT2D eigenvalue weighted by molar-refractivity contribution is 8.03. The van der Waals surface area contributed by atoms with Gasteiger partial charge in [-0.1, -0.05) is 37.8 Å². The summed E-state index contributed by atoms with van der Waals surface area (Å²) in [5, 5.41) is 0.542. The lowest BCUT2D eigenvalue weighted by Crippen LogP contribution is -2.31. The molecule has 0 atom stereocenters. The van der Waals surface area contributed by atoms with E-state index in [1.165, 1.54) is 24.3 Å². The Morgan fingerprint density at radius 3 is 2.03 bits per heavy atom. The monoisotopic (exact) mass is 1080 g/mol. The first kappa shape index (κ1) is 55.3. The second-order valence-corrected chi connectivity index (χ2v) is 25.4. The van der Waals surface area contributed by atoms with Crippen molar-refractivity contribution >= 4 is 82.7 Å². The number of hydroxylamine groups is 2. The van der Waals surface area contributed by atoms with Gasteiger partial charge in [0.15, 0.2) is 5.71 Å². The minimum atomic E-state index is -4.52. The maximum atomic E-state index is 12.6. The highest BCUT2D eigenvalue weighted by atomic mass is 32.2. The Bertz CT molecular complexity index is 3190. The number of anilines is 2. The van der Waals surface area contributed by atoms with Crippen LogP contribution in [-0.2, 0) is 60.4 Å². The number of amides is 2. The summed E-state index contributed by atoms with van der Waals surface area (Å²) in [6, 6.07) is 17.3. The van der Waals surface area contributed by atoms with Crippen molar-refractivity contribution in [3.05, 3.63) is 118 Å². The maximum Gasteiger partial charge on any atom is 0.333 e. The first-order chi connectivity index (χ1) is 34.2. The third-order valence-corrected chi connectivity index (χ3v) is 17.5. The van der Waals surface area contributed by atoms with Crippen molar-refractivity contribution in [2.75, 3.05) is 42.7 Å². The highest BCUT2D eigenvalue weighted by Gasteiger charge is 2.45. The van der Waals surface area contributed by atoms with Crippen molar-refractivity contribution in [1.82, 2.24) is 5.06 Å². The van der Waals surface area contributed by atoms with E-state index in [0.717, 1.165) is 63.0 Å². The molecule has 1 saturated heterocycles. The molecule has 2 amide bonds. The molecule has 17 nitrogen and oxygen atoms in total. The lowest BCUT2D eigenvalue weighted by Gasteiger charge is -2.27. The van der Waals surface area contributed by atoms with Crippen molar-refractivity contribution in [1.29, 1.82) is 0 Å². The maximum absolute atomic E-state index is 12.6. The van der Waals surface area contributed by atoms with Crippen LogP contribution in [0.25, 0.3) is 0 Å². The lowest BCUT2D eigenvalue weighted by molar-refractivity contribution is -0.438. The molecule has 3 aromatic rings. The molecule has 0 unspecified atom stereocenters. The van der Waals surface area contributed by atoms with Gasteiger partial charge < -0.3 is 14.6 Å². The zero-order chi connectivity index (χ0) is 53.3. The second-order valence-electron chi connectivity index (χ2n) is 19.9. The molecule has 0 saturated carbocycles. The molecule has 3 aromatic carbocycles. The van der Waals surface area contributed by atoms with Crippen LogP contribution < -0.4 is 9.80 Å². The largest absolute Gasteiger partial charge is 0.378 e. The highest BCUT2D eigenvalue weighted by Crippen LogP contribution is 2.50. The van der Waals surface area contributed by atoms with Crippen LogP contribution in [0.5, 0.6) is 0 Å². The van der Waals surface area contributed by atoms with E-state index in [0.29, 0.717) is 60.7 Å². The molecular weight excluding hydrogens is 1020 g/mol. The first-order valence-corrected chi connectivity index (χ1v) is 29.4. The van der Waals surface area contributed by atoms with Crippen LogP contribution in [-0.4, -0.2) is 105 Å². The van der Waals surface area contributed by atoms with E-state index in [-0.39, 0.29) is 35.5 Å². The molecule has 0 spiro atoms. The van der Waals surface area contributed by atoms with Crippen LogP contribution in [0.4, 0.5) is 17.1 Å². The molecule has 0 aromatic heterocycles. The molecule has 3 N–H and O–H groups in total. The SMILES string of the molecule is CN(C)c1ccc(SC2=C(C=CC3=[N+](CCCCCC(=O)ON4C(=O)CCC4=O)c4ccc(S(=O)(=O)O)cc4C3(C)C)CCCC2=CC=C2N(CCCCS(=O)(=O)O)c3ccc(S(=O)(=O)O)cc3C2(C)C)cc1. The Morgan fingerprint density at radius 1 is 0.753 bits per heavy atom. The van der Waals surface area contributed by atoms with Gasteiger partial charge in [0, 0.05) is 96.3 Å². The fraction of sp³-hybridized carbons (Fsp3) is 0.423. The predicted molar refractivity (Wildman–Crippen MR) is 280 cm³/mol. The van der Waals surface area contributed by atoms with Crippen LogP contribution >= 0.6 is 11.8 Å². The van der Waals surface area contributed by atoms with Gasteiger partial charge in [-0.25, -0.2) is 4.79 Å². The van der Waals surface area contributed by atoms with Crippen molar-refractivity contribution in [2.24, 2.45) is 0 Å². The molecule has 4 aliphatic rings. The number of fused-ring (bicyclic) bond motifs is 2. The van der Waals surface area contributed by atoms with E-state index >= 15 is 0 Å². The normalized spacial score (nSPS) is 19.0. The van der Waals surface area contributed by atoms with Gasteiger partial charge in [-0.2, -0.15) is 29.8 Å². The Morgan fingerprint density at radius 2 is 1.40 bits per heavy atom. The van der Waals surface area contributed by atoms with Crippen LogP contribution in [0.1, 0.15) is 109 Å². The summed E-state index contributed by atoms with van der Waals surface area (Å²) in [4.78, 5) is 47.1. The standard InChI is InChI=1S/C52H62N4O13S4/c1-51(2)41-33-39(72(63,64)65)22-24-43(41)54(30-9-7-8-15-49(59)69-56-47(57)28-29-48(56)58)45(51)26-16-35-13-12-14-36(50(35)70-38-20-18-37(19-21-38)53(5)6)17-27-46-52(3,4)42-34-40(73(66,67)68)23-25-44(42)55(46)31-10-11-32-71(60,61)62/h16-27,33-34H,7-15,28-32H2,1-6H3,(H2-,60,61,62,63,64,65,66,67,68)/p+1. The number of thioether (sulfide) groups is 1. The first-order valence-electron chi connectivity index (χ1n) is 24.1. The molecule has 392 valence electrons. The summed E-state index contributed by atoms with van der Waals surface area (Å²) in [6.45, 7) is 8.79. The average Bonchev–Trinajstić information content (AvgIpc) is 3.82. The second kappa shape index (κ2) is 21.8. The summed E-state index contributed by atoms with van der Waals surface area (Å²) in [6.07, 6.45) is 12.8. The van der Waals surface area contributed by atoms with E-state index in [1.807, 2.05) is 57.7 Å². The lowest BCUT2D eigenvalue weighted by atomic mass is 9.81. The van der Waals surface area contributed by atoms with Crippen LogP contribution in [0.15, 0.2) is 121 Å². The topological polar surface area (TPSA) is 236 Å². The summed E-state index contributed by atoms with van der Waals surface area (Å²) in [5.41, 5.74) is 6.20. The summed E-state index contributed by atoms with van der Waals surface area (Å²) in [5.74, 6) is -2.16. The fourth-order valence-electron chi connectivity index (χ4n) is 9.83. The number of unbranched alkanes of at least 4 members (excludes halogenated alkanes) is 3. The fourth-order valence-corrected chi connectivity index (χ4v) is 12.5. The van der Waals surface area contributed by atoms with Gasteiger partial charge >= 0.3 is 5.97 Å². The van der Waals surface area contributed by atoms with Crippen molar-refractivity contribution < 1.29 is 62.7 Å². The van der Waals surface area contributed by atoms with Crippen molar-refractivity contribution in [3.8, 4) is 0 Å². The number of hydrogen-bond donors (Lipinski definition) is 3. The molecule has 73 heavy (non-hydrogen) atoms. The molecule has 0 bridgehead atoms. The molecule has 0 radical (unpaired) electrons. The molecule has 1 fully saturated rings. The Balaban J connectivity index is 1.27. The number of nitrogens with zero attached hydrogens (tertiary/aromatic N) is 4. The minimum absolute atomic E-state index is 0.000816. The molecular formula is C52H63N4O13S4+. The van der Waals surface area contributed by atoms with Crippen LogP contribution in [0.3, 0.4) is 0 Å². The molecule has 3 aliphatic heterocycles. The molecule has 1 aliphatic carbocycles.